The maximum absolute atomic E-state index is 12.0. The van der Waals surface area contributed by atoms with Crippen LogP contribution in [0.3, 0.4) is 0 Å². The summed E-state index contributed by atoms with van der Waals surface area (Å²) < 4.78 is 5.13. The molecule has 1 aliphatic rings. The number of ether oxygens (including phenoxy) is 1. The van der Waals surface area contributed by atoms with Crippen molar-refractivity contribution in [3.05, 3.63) is 39.7 Å². The number of nitrogens with zero attached hydrogens (tertiary/aromatic N) is 1. The molecule has 0 bridgehead atoms. The summed E-state index contributed by atoms with van der Waals surface area (Å²) in [7, 11) is 0. The Morgan fingerprint density at radius 3 is 2.83 bits per heavy atom. The lowest BCUT2D eigenvalue weighted by Gasteiger charge is -2.15. The van der Waals surface area contributed by atoms with Crippen LogP contribution in [-0.2, 0) is 9.53 Å². The van der Waals surface area contributed by atoms with Crippen LogP contribution in [0.5, 0.6) is 0 Å². The van der Waals surface area contributed by atoms with E-state index in [0.717, 1.165) is 19.3 Å². The molecule has 5 nitrogen and oxygen atoms in total. The van der Waals surface area contributed by atoms with E-state index in [2.05, 4.69) is 16.4 Å². The molecule has 1 aromatic rings. The first-order valence-electron chi connectivity index (χ1n) is 7.95. The number of nitrogens with one attached hydrogen (secondary N) is 1. The number of hydrogen-bond acceptors (Lipinski definition) is 4. The van der Waals surface area contributed by atoms with Crippen molar-refractivity contribution >= 4 is 35.1 Å². The summed E-state index contributed by atoms with van der Waals surface area (Å²) in [5.41, 5.74) is 1.53. The first kappa shape index (κ1) is 18.7. The summed E-state index contributed by atoms with van der Waals surface area (Å²) in [6.07, 6.45) is 8.13. The fourth-order valence-electron chi connectivity index (χ4n) is 2.44. The van der Waals surface area contributed by atoms with Crippen LogP contribution >= 0.6 is 23.2 Å². The van der Waals surface area contributed by atoms with E-state index in [1.54, 1.807) is 0 Å². The van der Waals surface area contributed by atoms with E-state index in [0.29, 0.717) is 6.54 Å². The first-order valence-corrected chi connectivity index (χ1v) is 8.70. The molecule has 0 aliphatic heterocycles. The molecule has 0 radical (unpaired) electrons. The molecule has 0 saturated heterocycles. The van der Waals surface area contributed by atoms with Gasteiger partial charge >= 0.3 is 5.97 Å². The maximum atomic E-state index is 12.0. The van der Waals surface area contributed by atoms with Crippen molar-refractivity contribution in [1.29, 1.82) is 0 Å². The molecule has 2 rings (SSSR count). The summed E-state index contributed by atoms with van der Waals surface area (Å²) in [5.74, 6) is -0.994. The monoisotopic (exact) mass is 370 g/mol. The summed E-state index contributed by atoms with van der Waals surface area (Å²) in [6, 6.07) is 1.36. The number of hydrogen-bond donors (Lipinski definition) is 1. The van der Waals surface area contributed by atoms with Gasteiger partial charge < -0.3 is 10.1 Å². The van der Waals surface area contributed by atoms with Gasteiger partial charge in [0.2, 0.25) is 0 Å². The Hall–Kier alpha value is -1.59. The molecule has 1 aliphatic carbocycles. The molecule has 130 valence electrons. The fraction of sp³-hybridized carbons (Fsp3) is 0.471. The van der Waals surface area contributed by atoms with Crippen molar-refractivity contribution in [2.24, 2.45) is 0 Å². The van der Waals surface area contributed by atoms with Crippen LogP contribution in [0.4, 0.5) is 0 Å². The molecule has 7 heteroatoms. The molecule has 24 heavy (non-hydrogen) atoms. The van der Waals surface area contributed by atoms with Gasteiger partial charge in [-0.2, -0.15) is 0 Å². The van der Waals surface area contributed by atoms with E-state index in [1.807, 2.05) is 0 Å². The molecule has 0 fully saturated rings. The van der Waals surface area contributed by atoms with Crippen LogP contribution in [-0.4, -0.2) is 29.5 Å². The number of aromatic nitrogens is 1. The zero-order valence-electron chi connectivity index (χ0n) is 13.5. The number of carbonyl (C=O) groups is 2. The number of pyridine rings is 1. The van der Waals surface area contributed by atoms with Gasteiger partial charge in [-0.05, 0) is 45.1 Å². The van der Waals surface area contributed by atoms with Crippen molar-refractivity contribution < 1.29 is 14.3 Å². The van der Waals surface area contributed by atoms with Crippen molar-refractivity contribution in [2.45, 2.75) is 45.1 Å². The Kier molecular flexibility index (Phi) is 7.06. The lowest BCUT2D eigenvalue weighted by Crippen LogP contribution is -2.36. The van der Waals surface area contributed by atoms with Gasteiger partial charge in [-0.25, -0.2) is 9.78 Å². The van der Waals surface area contributed by atoms with Crippen LogP contribution in [0.2, 0.25) is 10.2 Å². The van der Waals surface area contributed by atoms with Crippen molar-refractivity contribution in [1.82, 2.24) is 10.3 Å². The Labute approximate surface area is 151 Å². The zero-order valence-corrected chi connectivity index (χ0v) is 15.0. The van der Waals surface area contributed by atoms with Gasteiger partial charge in [0.1, 0.15) is 5.15 Å². The third kappa shape index (κ3) is 5.49. The van der Waals surface area contributed by atoms with E-state index in [4.69, 9.17) is 27.9 Å². The molecule has 0 saturated carbocycles. The van der Waals surface area contributed by atoms with Gasteiger partial charge in [-0.1, -0.05) is 34.9 Å². The molecule has 1 amide bonds. The van der Waals surface area contributed by atoms with Crippen LogP contribution in [0.15, 0.2) is 23.9 Å². The van der Waals surface area contributed by atoms with Crippen LogP contribution in [0, 0.1) is 0 Å². The highest BCUT2D eigenvalue weighted by Crippen LogP contribution is 2.21. The molecule has 0 spiro atoms. The molecular formula is C17H20Cl2N2O3. The normalized spacial score (nSPS) is 15.4. The van der Waals surface area contributed by atoms with Gasteiger partial charge in [0.25, 0.3) is 5.91 Å². The Bertz CT molecular complexity index is 647. The maximum Gasteiger partial charge on any atom is 0.340 e. The molecule has 1 aromatic heterocycles. The van der Waals surface area contributed by atoms with Crippen LogP contribution < -0.4 is 5.32 Å². The predicted octanol–water partition coefficient (Wildman–Crippen LogP) is 3.94. The zero-order chi connectivity index (χ0) is 17.5. The third-order valence-corrected chi connectivity index (χ3v) is 4.50. The van der Waals surface area contributed by atoms with Gasteiger partial charge in [0.05, 0.1) is 10.6 Å². The number of carbonyl (C=O) groups excluding carboxylic acids is 2. The number of amides is 1. The number of rotatable bonds is 6. The van der Waals surface area contributed by atoms with Gasteiger partial charge in [0, 0.05) is 12.7 Å². The Balaban J connectivity index is 1.78. The smallest absolute Gasteiger partial charge is 0.340 e. The largest absolute Gasteiger partial charge is 0.449 e. The fourth-order valence-corrected chi connectivity index (χ4v) is 2.71. The highest BCUT2D eigenvalue weighted by atomic mass is 35.5. The average molecular weight is 371 g/mol. The highest BCUT2D eigenvalue weighted by Gasteiger charge is 2.19. The quantitative estimate of drug-likeness (QED) is 0.467. The van der Waals surface area contributed by atoms with E-state index < -0.39 is 12.1 Å². The average Bonchev–Trinajstić information content (AvgIpc) is 2.58. The predicted molar refractivity (Wildman–Crippen MR) is 93.3 cm³/mol. The lowest BCUT2D eigenvalue weighted by molar-refractivity contribution is -0.129. The van der Waals surface area contributed by atoms with E-state index >= 15 is 0 Å². The molecule has 0 aromatic carbocycles. The SMILES string of the molecule is C[C@@H](OC(=O)c1cnc(Cl)c(Cl)c1)C(=O)NCCC1=CCCCC1. The Morgan fingerprint density at radius 2 is 2.17 bits per heavy atom. The first-order chi connectivity index (χ1) is 11.5. The lowest BCUT2D eigenvalue weighted by atomic mass is 9.97. The van der Waals surface area contributed by atoms with E-state index in [1.165, 1.54) is 37.6 Å². The third-order valence-electron chi connectivity index (χ3n) is 3.82. The van der Waals surface area contributed by atoms with Crippen LogP contribution in [0.25, 0.3) is 0 Å². The van der Waals surface area contributed by atoms with E-state index in [-0.39, 0.29) is 21.6 Å². The van der Waals surface area contributed by atoms with Crippen LogP contribution in [0.1, 0.15) is 49.4 Å². The second kappa shape index (κ2) is 9.04. The van der Waals surface area contributed by atoms with E-state index in [9.17, 15) is 9.59 Å². The number of allylic oxidation sites excluding steroid dienone is 1. The second-order valence-electron chi connectivity index (χ2n) is 5.69. The van der Waals surface area contributed by atoms with Gasteiger partial charge in [-0.3, -0.25) is 4.79 Å². The standard InChI is InChI=1S/C17H20Cl2N2O3/c1-11(16(22)20-8-7-12-5-3-2-4-6-12)24-17(23)13-9-14(18)15(19)21-10-13/h5,9-11H,2-4,6-8H2,1H3,(H,20,22)/t11-/m1/s1. The minimum atomic E-state index is -0.896. The molecule has 1 atom stereocenters. The second-order valence-corrected chi connectivity index (χ2v) is 6.46. The van der Waals surface area contributed by atoms with Crippen molar-refractivity contribution in [2.75, 3.05) is 6.54 Å². The molecule has 0 unspecified atom stereocenters. The van der Waals surface area contributed by atoms with Gasteiger partial charge in [-0.15, -0.1) is 0 Å². The van der Waals surface area contributed by atoms with Crippen molar-refractivity contribution in [3.8, 4) is 0 Å². The minimum absolute atomic E-state index is 0.107. The summed E-state index contributed by atoms with van der Waals surface area (Å²) in [6.45, 7) is 2.07. The molecule has 1 N–H and O–H groups in total. The van der Waals surface area contributed by atoms with Gasteiger partial charge in [0.15, 0.2) is 6.10 Å². The highest BCUT2D eigenvalue weighted by molar-refractivity contribution is 6.41. The van der Waals surface area contributed by atoms with Crippen molar-refractivity contribution in [3.63, 3.8) is 0 Å². The molecule has 1 heterocycles. The topological polar surface area (TPSA) is 68.3 Å². The summed E-state index contributed by atoms with van der Waals surface area (Å²) in [4.78, 5) is 27.8. The number of esters is 1. The number of halogens is 2. The summed E-state index contributed by atoms with van der Waals surface area (Å²) in [5, 5.41) is 3.05. The Morgan fingerprint density at radius 1 is 1.38 bits per heavy atom. The minimum Gasteiger partial charge on any atom is -0.449 e. The summed E-state index contributed by atoms with van der Waals surface area (Å²) >= 11 is 11.5. The molecular weight excluding hydrogens is 351 g/mol.